The summed E-state index contributed by atoms with van der Waals surface area (Å²) in [4.78, 5) is 26.5. The Balaban J connectivity index is 2.21. The van der Waals surface area contributed by atoms with Crippen LogP contribution in [0, 0.1) is 24.0 Å². The Bertz CT molecular complexity index is 711. The van der Waals surface area contributed by atoms with E-state index in [1.807, 2.05) is 19.1 Å². The predicted molar refractivity (Wildman–Crippen MR) is 81.2 cm³/mol. The quantitative estimate of drug-likeness (QED) is 0.481. The molecule has 6 heteroatoms. The van der Waals surface area contributed by atoms with Crippen LogP contribution in [0.25, 0.3) is 0 Å². The molecule has 0 amide bonds. The smallest absolute Gasteiger partial charge is 0.406 e. The summed E-state index contributed by atoms with van der Waals surface area (Å²) in [6, 6.07) is 10.1. The third kappa shape index (κ3) is 3.46. The van der Waals surface area contributed by atoms with Crippen LogP contribution in [-0.2, 0) is 0 Å². The standard InChI is InChI=1S/C16H16N2O4/c1-10-4-7-13(8-5-10)15(19)12(3)22-14-9-6-11(2)17-16(14)18(20)21/h4-9,12H,1-3H3/t12-/m0/s1. The van der Waals surface area contributed by atoms with Crippen molar-refractivity contribution in [3.8, 4) is 5.75 Å². The summed E-state index contributed by atoms with van der Waals surface area (Å²) in [5.41, 5.74) is 2.06. The second-order valence-electron chi connectivity index (χ2n) is 5.02. The summed E-state index contributed by atoms with van der Waals surface area (Å²) in [5, 5.41) is 11.0. The minimum absolute atomic E-state index is 0.0106. The zero-order chi connectivity index (χ0) is 16.3. The van der Waals surface area contributed by atoms with Crippen molar-refractivity contribution in [3.63, 3.8) is 0 Å². The number of hydrogen-bond donors (Lipinski definition) is 0. The van der Waals surface area contributed by atoms with Gasteiger partial charge in [0, 0.05) is 12.5 Å². The van der Waals surface area contributed by atoms with E-state index >= 15 is 0 Å². The van der Waals surface area contributed by atoms with E-state index in [9.17, 15) is 14.9 Å². The highest BCUT2D eigenvalue weighted by atomic mass is 16.6. The summed E-state index contributed by atoms with van der Waals surface area (Å²) in [5.74, 6) is -0.637. The van der Waals surface area contributed by atoms with Crippen LogP contribution in [0.2, 0.25) is 0 Å². The molecular weight excluding hydrogens is 284 g/mol. The molecule has 0 fully saturated rings. The molecule has 2 rings (SSSR count). The van der Waals surface area contributed by atoms with Crippen LogP contribution in [0.1, 0.15) is 28.5 Å². The van der Waals surface area contributed by atoms with Crippen LogP contribution < -0.4 is 4.74 Å². The number of aromatic nitrogens is 1. The van der Waals surface area contributed by atoms with Gasteiger partial charge in [-0.1, -0.05) is 29.8 Å². The summed E-state index contributed by atoms with van der Waals surface area (Å²) < 4.78 is 5.45. The molecule has 6 nitrogen and oxygen atoms in total. The first-order valence-corrected chi connectivity index (χ1v) is 6.78. The minimum Gasteiger partial charge on any atom is -0.474 e. The first kappa shape index (κ1) is 15.6. The third-order valence-electron chi connectivity index (χ3n) is 3.16. The van der Waals surface area contributed by atoms with Crippen LogP contribution in [0.3, 0.4) is 0 Å². The van der Waals surface area contributed by atoms with Crippen LogP contribution in [0.15, 0.2) is 36.4 Å². The van der Waals surface area contributed by atoms with Gasteiger partial charge in [0.2, 0.25) is 11.5 Å². The Labute approximate surface area is 127 Å². The molecule has 0 spiro atoms. The molecule has 0 bridgehead atoms. The van der Waals surface area contributed by atoms with Crippen molar-refractivity contribution < 1.29 is 14.5 Å². The van der Waals surface area contributed by atoms with E-state index in [-0.39, 0.29) is 17.4 Å². The van der Waals surface area contributed by atoms with Crippen molar-refractivity contribution in [2.45, 2.75) is 26.9 Å². The maximum absolute atomic E-state index is 12.3. The molecule has 1 aromatic heterocycles. The van der Waals surface area contributed by atoms with E-state index in [1.54, 1.807) is 32.0 Å². The lowest BCUT2D eigenvalue weighted by molar-refractivity contribution is -0.390. The molecule has 2 aromatic rings. The highest BCUT2D eigenvalue weighted by molar-refractivity contribution is 5.99. The number of nitro groups is 1. The van der Waals surface area contributed by atoms with Gasteiger partial charge in [0.1, 0.15) is 5.69 Å². The van der Waals surface area contributed by atoms with Gasteiger partial charge in [-0.25, -0.2) is 0 Å². The fraction of sp³-hybridized carbons (Fsp3) is 0.250. The van der Waals surface area contributed by atoms with Crippen LogP contribution in [0.5, 0.6) is 5.75 Å². The third-order valence-corrected chi connectivity index (χ3v) is 3.16. The molecule has 1 atom stereocenters. The van der Waals surface area contributed by atoms with E-state index in [0.717, 1.165) is 5.56 Å². The lowest BCUT2D eigenvalue weighted by Gasteiger charge is -2.13. The highest BCUT2D eigenvalue weighted by Crippen LogP contribution is 2.26. The summed E-state index contributed by atoms with van der Waals surface area (Å²) in [7, 11) is 0. The number of ketones is 1. The number of hydrogen-bond acceptors (Lipinski definition) is 5. The number of rotatable bonds is 5. The van der Waals surface area contributed by atoms with Crippen LogP contribution in [-0.4, -0.2) is 21.8 Å². The van der Waals surface area contributed by atoms with Crippen LogP contribution >= 0.6 is 0 Å². The number of benzene rings is 1. The molecule has 1 heterocycles. The van der Waals surface area contributed by atoms with Gasteiger partial charge >= 0.3 is 5.82 Å². The summed E-state index contributed by atoms with van der Waals surface area (Å²) in [6.45, 7) is 5.14. The predicted octanol–water partition coefficient (Wildman–Crippen LogP) is 3.26. The SMILES string of the molecule is Cc1ccc(C(=O)[C@H](C)Oc2ccc(C)nc2[N+](=O)[O-])cc1. The Morgan fingerprint density at radius 2 is 1.82 bits per heavy atom. The van der Waals surface area contributed by atoms with Crippen molar-refractivity contribution in [1.29, 1.82) is 0 Å². The van der Waals surface area contributed by atoms with E-state index in [1.165, 1.54) is 6.07 Å². The second kappa shape index (κ2) is 6.34. The highest BCUT2D eigenvalue weighted by Gasteiger charge is 2.23. The summed E-state index contributed by atoms with van der Waals surface area (Å²) in [6.07, 6.45) is -0.842. The molecule has 0 saturated heterocycles. The van der Waals surface area contributed by atoms with Crippen molar-refractivity contribution >= 4 is 11.6 Å². The monoisotopic (exact) mass is 300 g/mol. The van der Waals surface area contributed by atoms with Crippen LogP contribution in [0.4, 0.5) is 5.82 Å². The van der Waals surface area contributed by atoms with Gasteiger partial charge in [0.15, 0.2) is 6.10 Å². The molecule has 22 heavy (non-hydrogen) atoms. The molecule has 0 aliphatic carbocycles. The number of nitrogens with zero attached hydrogens (tertiary/aromatic N) is 2. The molecule has 114 valence electrons. The van der Waals surface area contributed by atoms with Gasteiger partial charge in [0.25, 0.3) is 0 Å². The Hall–Kier alpha value is -2.76. The summed E-state index contributed by atoms with van der Waals surface area (Å²) >= 11 is 0. The molecule has 0 radical (unpaired) electrons. The topological polar surface area (TPSA) is 82.3 Å². The molecule has 0 saturated carbocycles. The zero-order valence-electron chi connectivity index (χ0n) is 12.6. The van der Waals surface area contributed by atoms with E-state index in [4.69, 9.17) is 4.74 Å². The fourth-order valence-electron chi connectivity index (χ4n) is 1.95. The molecule has 0 aliphatic heterocycles. The van der Waals surface area contributed by atoms with Crippen molar-refractivity contribution in [3.05, 3.63) is 63.3 Å². The molecular formula is C16H16N2O4. The fourth-order valence-corrected chi connectivity index (χ4v) is 1.95. The maximum atomic E-state index is 12.3. The molecule has 0 unspecified atom stereocenters. The van der Waals surface area contributed by atoms with Crippen molar-refractivity contribution in [1.82, 2.24) is 4.98 Å². The van der Waals surface area contributed by atoms with Gasteiger partial charge in [-0.15, -0.1) is 0 Å². The van der Waals surface area contributed by atoms with Crippen molar-refractivity contribution in [2.24, 2.45) is 0 Å². The Kier molecular flexibility index (Phi) is 4.50. The normalized spacial score (nSPS) is 11.8. The Morgan fingerprint density at radius 1 is 1.18 bits per heavy atom. The zero-order valence-corrected chi connectivity index (χ0v) is 12.6. The van der Waals surface area contributed by atoms with Gasteiger partial charge in [-0.2, -0.15) is 0 Å². The van der Waals surface area contributed by atoms with Gasteiger partial charge in [-0.3, -0.25) is 4.79 Å². The van der Waals surface area contributed by atoms with Gasteiger partial charge in [-0.05, 0) is 35.9 Å². The number of pyridine rings is 1. The van der Waals surface area contributed by atoms with Crippen molar-refractivity contribution in [2.75, 3.05) is 0 Å². The van der Waals surface area contributed by atoms with E-state index in [2.05, 4.69) is 4.98 Å². The lowest BCUT2D eigenvalue weighted by Crippen LogP contribution is -2.24. The first-order valence-electron chi connectivity index (χ1n) is 6.78. The van der Waals surface area contributed by atoms with E-state index < -0.39 is 11.0 Å². The largest absolute Gasteiger partial charge is 0.474 e. The minimum atomic E-state index is -0.842. The van der Waals surface area contributed by atoms with Gasteiger partial charge < -0.3 is 14.9 Å². The lowest BCUT2D eigenvalue weighted by atomic mass is 10.1. The molecule has 0 N–H and O–H groups in total. The van der Waals surface area contributed by atoms with E-state index in [0.29, 0.717) is 11.3 Å². The Morgan fingerprint density at radius 3 is 2.41 bits per heavy atom. The second-order valence-corrected chi connectivity index (χ2v) is 5.02. The van der Waals surface area contributed by atoms with Gasteiger partial charge in [0.05, 0.1) is 0 Å². The number of ether oxygens (including phenoxy) is 1. The average Bonchev–Trinajstić information content (AvgIpc) is 2.48. The molecule has 1 aromatic carbocycles. The number of aryl methyl sites for hydroxylation is 2. The average molecular weight is 300 g/mol. The first-order chi connectivity index (χ1) is 10.4. The maximum Gasteiger partial charge on any atom is 0.406 e. The number of Topliss-reactive ketones (excluding diaryl/α,β-unsaturated/α-hetero) is 1. The molecule has 0 aliphatic rings. The number of carbonyl (C=O) groups is 1. The number of carbonyl (C=O) groups excluding carboxylic acids is 1.